The molecule has 1 aliphatic rings. The van der Waals surface area contributed by atoms with Crippen LogP contribution in [0.4, 0.5) is 0 Å². The summed E-state index contributed by atoms with van der Waals surface area (Å²) in [5, 5.41) is 2.85. The minimum atomic E-state index is -3.48. The Morgan fingerprint density at radius 1 is 1.08 bits per heavy atom. The van der Waals surface area contributed by atoms with Crippen molar-refractivity contribution in [1.29, 1.82) is 0 Å². The van der Waals surface area contributed by atoms with E-state index >= 15 is 0 Å². The Balaban J connectivity index is 1.64. The lowest BCUT2D eigenvalue weighted by Crippen LogP contribution is -2.26. The number of carbonyl (C=O) groups is 1. The zero-order valence-corrected chi connectivity index (χ0v) is 14.3. The molecule has 3 rings (SSSR count). The third kappa shape index (κ3) is 4.01. The average molecular weight is 344 g/mol. The molecule has 0 unspecified atom stereocenters. The summed E-state index contributed by atoms with van der Waals surface area (Å²) in [5.41, 5.74) is 2.61. The number of rotatable bonds is 6. The smallest absolute Gasteiger partial charge is 0.251 e. The van der Waals surface area contributed by atoms with E-state index in [1.807, 2.05) is 31.2 Å². The Bertz CT molecular complexity index is 841. The van der Waals surface area contributed by atoms with Gasteiger partial charge in [0.05, 0.1) is 4.90 Å². The third-order valence-corrected chi connectivity index (χ3v) is 5.56. The molecule has 0 spiro atoms. The fraction of sp³-hybridized carbons (Fsp3) is 0.278. The van der Waals surface area contributed by atoms with Gasteiger partial charge in [0.1, 0.15) is 0 Å². The van der Waals surface area contributed by atoms with Crippen LogP contribution in [-0.4, -0.2) is 20.4 Å². The molecule has 0 aromatic heterocycles. The van der Waals surface area contributed by atoms with Crippen LogP contribution in [0.1, 0.15) is 34.3 Å². The largest absolute Gasteiger partial charge is 0.348 e. The lowest BCUT2D eigenvalue weighted by atomic mass is 10.1. The van der Waals surface area contributed by atoms with Gasteiger partial charge in [0, 0.05) is 18.2 Å². The standard InChI is InChI=1S/C18H20N2O3S/c1-13-4-2-3-5-15(13)12-19-18(21)14-6-10-17(11-7-14)24(22,23)20-16-8-9-16/h2-7,10-11,16,20H,8-9,12H2,1H3,(H,19,21). The molecule has 1 aliphatic carbocycles. The number of sulfonamides is 1. The summed E-state index contributed by atoms with van der Waals surface area (Å²) in [5.74, 6) is -0.225. The van der Waals surface area contributed by atoms with Gasteiger partial charge >= 0.3 is 0 Å². The first-order chi connectivity index (χ1) is 11.5. The van der Waals surface area contributed by atoms with Gasteiger partial charge in [-0.15, -0.1) is 0 Å². The summed E-state index contributed by atoms with van der Waals surface area (Å²) >= 11 is 0. The van der Waals surface area contributed by atoms with Gasteiger partial charge in [0.15, 0.2) is 0 Å². The number of amides is 1. The molecule has 126 valence electrons. The van der Waals surface area contributed by atoms with Crippen LogP contribution in [0.15, 0.2) is 53.4 Å². The van der Waals surface area contributed by atoms with Crippen molar-refractivity contribution in [3.8, 4) is 0 Å². The number of benzene rings is 2. The number of aryl methyl sites for hydroxylation is 1. The molecular formula is C18H20N2O3S. The lowest BCUT2D eigenvalue weighted by Gasteiger charge is -2.09. The summed E-state index contributed by atoms with van der Waals surface area (Å²) in [6.07, 6.45) is 1.78. The summed E-state index contributed by atoms with van der Waals surface area (Å²) < 4.78 is 26.8. The molecule has 0 saturated heterocycles. The summed E-state index contributed by atoms with van der Waals surface area (Å²) in [4.78, 5) is 12.4. The quantitative estimate of drug-likeness (QED) is 0.845. The molecule has 1 amide bonds. The van der Waals surface area contributed by atoms with E-state index < -0.39 is 10.0 Å². The fourth-order valence-corrected chi connectivity index (χ4v) is 3.67. The molecule has 0 radical (unpaired) electrons. The maximum atomic E-state index is 12.2. The van der Waals surface area contributed by atoms with Gasteiger partial charge in [0.25, 0.3) is 5.91 Å². The Kier molecular flexibility index (Phi) is 4.69. The first-order valence-electron chi connectivity index (χ1n) is 7.91. The normalized spacial score (nSPS) is 14.4. The second-order valence-electron chi connectivity index (χ2n) is 6.03. The molecule has 0 heterocycles. The van der Waals surface area contributed by atoms with Gasteiger partial charge in [-0.2, -0.15) is 0 Å². The van der Waals surface area contributed by atoms with Crippen LogP contribution in [0.25, 0.3) is 0 Å². The Hall–Kier alpha value is -2.18. The zero-order chi connectivity index (χ0) is 17.2. The second kappa shape index (κ2) is 6.75. The zero-order valence-electron chi connectivity index (χ0n) is 13.5. The molecule has 0 aliphatic heterocycles. The van der Waals surface area contributed by atoms with E-state index in [0.29, 0.717) is 12.1 Å². The molecular weight excluding hydrogens is 324 g/mol. The molecule has 24 heavy (non-hydrogen) atoms. The third-order valence-electron chi connectivity index (χ3n) is 4.03. The number of hydrogen-bond acceptors (Lipinski definition) is 3. The molecule has 2 aromatic carbocycles. The van der Waals surface area contributed by atoms with Crippen molar-refractivity contribution < 1.29 is 13.2 Å². The molecule has 5 nitrogen and oxygen atoms in total. The van der Waals surface area contributed by atoms with Gasteiger partial charge in [-0.05, 0) is 55.2 Å². The van der Waals surface area contributed by atoms with Gasteiger partial charge in [-0.25, -0.2) is 13.1 Å². The van der Waals surface area contributed by atoms with Crippen molar-refractivity contribution in [2.75, 3.05) is 0 Å². The highest BCUT2D eigenvalue weighted by atomic mass is 32.2. The van der Waals surface area contributed by atoms with Crippen LogP contribution < -0.4 is 10.0 Å². The van der Waals surface area contributed by atoms with Crippen LogP contribution in [0.3, 0.4) is 0 Å². The van der Waals surface area contributed by atoms with Gasteiger partial charge in [-0.3, -0.25) is 4.79 Å². The topological polar surface area (TPSA) is 75.3 Å². The molecule has 2 N–H and O–H groups in total. The van der Waals surface area contributed by atoms with E-state index in [4.69, 9.17) is 0 Å². The highest BCUT2D eigenvalue weighted by Gasteiger charge is 2.27. The number of hydrogen-bond donors (Lipinski definition) is 2. The first-order valence-corrected chi connectivity index (χ1v) is 9.39. The van der Waals surface area contributed by atoms with Crippen LogP contribution in [-0.2, 0) is 16.6 Å². The Morgan fingerprint density at radius 3 is 2.38 bits per heavy atom. The fourth-order valence-electron chi connectivity index (χ4n) is 2.36. The van der Waals surface area contributed by atoms with E-state index in [1.165, 1.54) is 24.3 Å². The van der Waals surface area contributed by atoms with E-state index in [1.54, 1.807) is 0 Å². The first kappa shape index (κ1) is 16.7. The van der Waals surface area contributed by atoms with Crippen molar-refractivity contribution in [2.45, 2.75) is 37.2 Å². The van der Waals surface area contributed by atoms with E-state index in [0.717, 1.165) is 24.0 Å². The van der Waals surface area contributed by atoms with Crippen LogP contribution >= 0.6 is 0 Å². The number of nitrogens with one attached hydrogen (secondary N) is 2. The van der Waals surface area contributed by atoms with Gasteiger partial charge in [0.2, 0.25) is 10.0 Å². The molecule has 1 saturated carbocycles. The van der Waals surface area contributed by atoms with Crippen molar-refractivity contribution in [3.63, 3.8) is 0 Å². The van der Waals surface area contributed by atoms with E-state index in [-0.39, 0.29) is 16.8 Å². The highest BCUT2D eigenvalue weighted by molar-refractivity contribution is 7.89. The molecule has 0 atom stereocenters. The molecule has 2 aromatic rings. The van der Waals surface area contributed by atoms with E-state index in [9.17, 15) is 13.2 Å². The van der Waals surface area contributed by atoms with Crippen LogP contribution in [0.5, 0.6) is 0 Å². The number of carbonyl (C=O) groups excluding carboxylic acids is 1. The summed E-state index contributed by atoms with van der Waals surface area (Å²) in [6, 6.07) is 13.9. The molecule has 0 bridgehead atoms. The molecule has 1 fully saturated rings. The van der Waals surface area contributed by atoms with E-state index in [2.05, 4.69) is 10.0 Å². The van der Waals surface area contributed by atoms with Gasteiger partial charge < -0.3 is 5.32 Å². The predicted molar refractivity (Wildman–Crippen MR) is 92.1 cm³/mol. The maximum Gasteiger partial charge on any atom is 0.251 e. The Morgan fingerprint density at radius 2 is 1.75 bits per heavy atom. The lowest BCUT2D eigenvalue weighted by molar-refractivity contribution is 0.0951. The minimum Gasteiger partial charge on any atom is -0.348 e. The van der Waals surface area contributed by atoms with Crippen molar-refractivity contribution in [2.24, 2.45) is 0 Å². The average Bonchev–Trinajstić information content (AvgIpc) is 3.37. The SMILES string of the molecule is Cc1ccccc1CNC(=O)c1ccc(S(=O)(=O)NC2CC2)cc1. The Labute approximate surface area is 142 Å². The summed E-state index contributed by atoms with van der Waals surface area (Å²) in [7, 11) is -3.48. The predicted octanol–water partition coefficient (Wildman–Crippen LogP) is 2.37. The maximum absolute atomic E-state index is 12.2. The van der Waals surface area contributed by atoms with Crippen molar-refractivity contribution in [1.82, 2.24) is 10.0 Å². The van der Waals surface area contributed by atoms with Crippen molar-refractivity contribution in [3.05, 3.63) is 65.2 Å². The summed E-state index contributed by atoms with van der Waals surface area (Å²) in [6.45, 7) is 2.43. The molecule has 6 heteroatoms. The van der Waals surface area contributed by atoms with Crippen molar-refractivity contribution >= 4 is 15.9 Å². The van der Waals surface area contributed by atoms with Crippen LogP contribution in [0, 0.1) is 6.92 Å². The van der Waals surface area contributed by atoms with Crippen LogP contribution in [0.2, 0.25) is 0 Å². The highest BCUT2D eigenvalue weighted by Crippen LogP contribution is 2.22. The van der Waals surface area contributed by atoms with Gasteiger partial charge in [-0.1, -0.05) is 24.3 Å². The second-order valence-corrected chi connectivity index (χ2v) is 7.74. The monoisotopic (exact) mass is 344 g/mol. The minimum absolute atomic E-state index is 0.0621.